The molecule has 2 aromatic rings. The lowest BCUT2D eigenvalue weighted by molar-refractivity contribution is -0.758. The number of quaternary nitrogens is 1. The number of thiophene rings is 1. The van der Waals surface area contributed by atoms with E-state index < -0.39 is 17.1 Å². The Balaban J connectivity index is 1.31. The molecule has 2 aromatic heterocycles. The van der Waals surface area contributed by atoms with Gasteiger partial charge in [0.2, 0.25) is 5.91 Å². The highest BCUT2D eigenvalue weighted by Gasteiger charge is 2.33. The Labute approximate surface area is 242 Å². The number of hydroxylamine groups is 2. The van der Waals surface area contributed by atoms with E-state index in [0.717, 1.165) is 31.5 Å². The van der Waals surface area contributed by atoms with Gasteiger partial charge in [-0.15, -0.1) is 0 Å². The summed E-state index contributed by atoms with van der Waals surface area (Å²) in [4.78, 5) is 47.4. The van der Waals surface area contributed by atoms with Crippen molar-refractivity contribution in [1.82, 2.24) is 19.7 Å². The molecule has 2 aliphatic rings. The Morgan fingerprint density at radius 3 is 2.67 bits per heavy atom. The van der Waals surface area contributed by atoms with Gasteiger partial charge in [-0.05, 0) is 60.7 Å². The van der Waals surface area contributed by atoms with Crippen LogP contribution in [0.5, 0.6) is 0 Å². The lowest BCUT2D eigenvalue weighted by Crippen LogP contribution is -3.10. The minimum absolute atomic E-state index is 0.0162. The average Bonchev–Trinajstić information content (AvgIpc) is 3.56. The van der Waals surface area contributed by atoms with E-state index in [-0.39, 0.29) is 47.0 Å². The standard InChI is InChI=1S/C26H33Cl2N5O5S/c1-17-13-21(27)29-24(28)23(17)25(35)33(37)9-3-18(2)30-7-4-20(5-8-30)32(14-19-6-12-39-16-19)22(34)15-31-10-11-38-26(31)36/h6,12-13,16,18,20,33H,3-5,7-11,14-15H2,1-2H3/t18-/m1/s1. The first-order valence-corrected chi connectivity index (χ1v) is 14.7. The Hall–Kier alpha value is -2.28. The number of carbonyl (C=O) groups excluding carboxylic acids is 3. The molecule has 0 bridgehead atoms. The van der Waals surface area contributed by atoms with E-state index >= 15 is 0 Å². The van der Waals surface area contributed by atoms with E-state index in [1.54, 1.807) is 18.3 Å². The maximum Gasteiger partial charge on any atom is 0.410 e. The van der Waals surface area contributed by atoms with Gasteiger partial charge in [-0.1, -0.05) is 23.2 Å². The van der Waals surface area contributed by atoms with Gasteiger partial charge < -0.3 is 24.8 Å². The molecular formula is C26H33Cl2N5O5S. The number of likely N-dealkylation sites (tertiary alicyclic amines) is 1. The van der Waals surface area contributed by atoms with Crippen molar-refractivity contribution < 1.29 is 24.2 Å². The molecular weight excluding hydrogens is 565 g/mol. The number of hydrogen-bond donors (Lipinski definition) is 1. The molecule has 0 aliphatic carbocycles. The van der Waals surface area contributed by atoms with E-state index in [4.69, 9.17) is 27.9 Å². The van der Waals surface area contributed by atoms with Crippen molar-refractivity contribution >= 4 is 52.4 Å². The summed E-state index contributed by atoms with van der Waals surface area (Å²) >= 11 is 13.6. The molecule has 10 nitrogen and oxygen atoms in total. The molecule has 2 saturated heterocycles. The molecule has 2 aliphatic heterocycles. The summed E-state index contributed by atoms with van der Waals surface area (Å²) < 4.78 is 4.99. The summed E-state index contributed by atoms with van der Waals surface area (Å²) in [7, 11) is 0. The van der Waals surface area contributed by atoms with Crippen LogP contribution in [0.2, 0.25) is 10.3 Å². The number of aryl methyl sites for hydroxylation is 1. The smallest absolute Gasteiger partial charge is 0.410 e. The maximum atomic E-state index is 13.3. The molecule has 39 heavy (non-hydrogen) atoms. The molecule has 1 unspecified atom stereocenters. The van der Waals surface area contributed by atoms with Gasteiger partial charge in [0, 0.05) is 38.1 Å². The number of carbonyl (C=O) groups is 3. The lowest BCUT2D eigenvalue weighted by atomic mass is 10.00. The van der Waals surface area contributed by atoms with Crippen LogP contribution >= 0.6 is 34.5 Å². The number of nitrogens with one attached hydrogen (secondary N) is 1. The monoisotopic (exact) mass is 597 g/mol. The summed E-state index contributed by atoms with van der Waals surface area (Å²) in [6, 6.07) is 3.66. The first-order chi connectivity index (χ1) is 18.6. The van der Waals surface area contributed by atoms with Crippen LogP contribution in [0, 0.1) is 12.1 Å². The van der Waals surface area contributed by atoms with Gasteiger partial charge in [0.05, 0.1) is 13.1 Å². The predicted octanol–water partition coefficient (Wildman–Crippen LogP) is 3.01. The van der Waals surface area contributed by atoms with E-state index in [0.29, 0.717) is 31.7 Å². The van der Waals surface area contributed by atoms with Crippen molar-refractivity contribution in [2.24, 2.45) is 0 Å². The first-order valence-electron chi connectivity index (χ1n) is 13.0. The normalized spacial score (nSPS) is 18.2. The van der Waals surface area contributed by atoms with E-state index in [1.165, 1.54) is 11.0 Å². The zero-order valence-corrected chi connectivity index (χ0v) is 24.4. The quantitative estimate of drug-likeness (QED) is 0.331. The zero-order chi connectivity index (χ0) is 28.1. The summed E-state index contributed by atoms with van der Waals surface area (Å²) in [5, 5.41) is 16.3. The number of rotatable bonds is 10. The number of aromatic nitrogens is 1. The fraction of sp³-hybridized carbons (Fsp3) is 0.538. The minimum Gasteiger partial charge on any atom is -0.626 e. The largest absolute Gasteiger partial charge is 0.626 e. The molecule has 212 valence electrons. The van der Waals surface area contributed by atoms with Gasteiger partial charge in [0.25, 0.3) is 0 Å². The molecule has 1 N–H and O–H groups in total. The van der Waals surface area contributed by atoms with Crippen LogP contribution in [0.3, 0.4) is 0 Å². The van der Waals surface area contributed by atoms with Gasteiger partial charge in [-0.3, -0.25) is 9.69 Å². The van der Waals surface area contributed by atoms with Crippen LogP contribution in [0.25, 0.3) is 0 Å². The van der Waals surface area contributed by atoms with Crippen LogP contribution in [-0.2, 0) is 16.1 Å². The molecule has 2 atom stereocenters. The number of amides is 3. The van der Waals surface area contributed by atoms with Crippen LogP contribution in [0.4, 0.5) is 4.79 Å². The fourth-order valence-corrected chi connectivity index (χ4v) is 6.38. The zero-order valence-electron chi connectivity index (χ0n) is 22.0. The van der Waals surface area contributed by atoms with Gasteiger partial charge in [0.15, 0.2) is 0 Å². The number of nitrogens with zero attached hydrogens (tertiary/aromatic N) is 4. The molecule has 4 rings (SSSR count). The third kappa shape index (κ3) is 7.47. The van der Waals surface area contributed by atoms with Gasteiger partial charge in [0.1, 0.15) is 29.0 Å². The number of piperidine rings is 1. The second kappa shape index (κ2) is 13.4. The molecule has 0 saturated carbocycles. The second-order valence-corrected chi connectivity index (χ2v) is 11.5. The predicted molar refractivity (Wildman–Crippen MR) is 149 cm³/mol. The third-order valence-electron chi connectivity index (χ3n) is 7.40. The SMILES string of the molecule is Cc1cc(Cl)nc(Cl)c1C(=O)[NH+]([O-])CC[C@@H](C)N1CCC(N(Cc2ccsc2)C(=O)CN2CCOC2=O)CC1. The van der Waals surface area contributed by atoms with Crippen molar-refractivity contribution in [1.29, 1.82) is 0 Å². The van der Waals surface area contributed by atoms with Crippen molar-refractivity contribution in [2.45, 2.75) is 51.7 Å². The number of hydrogen-bond acceptors (Lipinski definition) is 8. The minimum atomic E-state index is -0.642. The van der Waals surface area contributed by atoms with Crippen molar-refractivity contribution in [3.63, 3.8) is 0 Å². The van der Waals surface area contributed by atoms with Crippen molar-refractivity contribution in [3.8, 4) is 0 Å². The lowest BCUT2D eigenvalue weighted by Gasteiger charge is -2.41. The first kappa shape index (κ1) is 29.7. The Bertz CT molecular complexity index is 1150. The van der Waals surface area contributed by atoms with Gasteiger partial charge in [-0.25, -0.2) is 14.6 Å². The van der Waals surface area contributed by atoms with E-state index in [9.17, 15) is 19.6 Å². The topological polar surface area (TPSA) is 111 Å². The van der Waals surface area contributed by atoms with Crippen LogP contribution < -0.4 is 5.06 Å². The van der Waals surface area contributed by atoms with Crippen molar-refractivity contribution in [3.05, 3.63) is 55.1 Å². The van der Waals surface area contributed by atoms with Crippen LogP contribution in [0.1, 0.15) is 47.7 Å². The molecule has 0 aromatic carbocycles. The van der Waals surface area contributed by atoms with Gasteiger partial charge >= 0.3 is 12.0 Å². The Kier molecular flexibility index (Phi) is 10.2. The van der Waals surface area contributed by atoms with Crippen LogP contribution in [0.15, 0.2) is 22.9 Å². The van der Waals surface area contributed by atoms with E-state index in [2.05, 4.69) is 9.88 Å². The second-order valence-electron chi connectivity index (χ2n) is 10.0. The van der Waals surface area contributed by atoms with E-state index in [1.807, 2.05) is 28.7 Å². The molecule has 3 amide bonds. The van der Waals surface area contributed by atoms with Crippen LogP contribution in [-0.4, -0.2) is 89.0 Å². The summed E-state index contributed by atoms with van der Waals surface area (Å²) in [6.45, 7) is 6.61. The third-order valence-corrected chi connectivity index (χ3v) is 8.60. The molecule has 13 heteroatoms. The summed E-state index contributed by atoms with van der Waals surface area (Å²) in [5.74, 6) is -0.724. The molecule has 0 spiro atoms. The highest BCUT2D eigenvalue weighted by molar-refractivity contribution is 7.07. The number of pyridine rings is 1. The molecule has 2 fully saturated rings. The number of halogens is 2. The highest BCUT2D eigenvalue weighted by atomic mass is 35.5. The maximum absolute atomic E-state index is 13.3. The fourth-order valence-electron chi connectivity index (χ4n) is 5.11. The van der Waals surface area contributed by atoms with Gasteiger partial charge in [-0.2, -0.15) is 11.3 Å². The molecule has 0 radical (unpaired) electrons. The Morgan fingerprint density at radius 2 is 2.05 bits per heavy atom. The Morgan fingerprint density at radius 1 is 1.31 bits per heavy atom. The summed E-state index contributed by atoms with van der Waals surface area (Å²) in [6.07, 6.45) is 1.65. The average molecular weight is 599 g/mol. The summed E-state index contributed by atoms with van der Waals surface area (Å²) in [5.41, 5.74) is 1.70. The highest BCUT2D eigenvalue weighted by Crippen LogP contribution is 2.23. The molecule has 4 heterocycles. The number of cyclic esters (lactones) is 1. The number of ether oxygens (including phenoxy) is 1. The van der Waals surface area contributed by atoms with Crippen molar-refractivity contribution in [2.75, 3.05) is 39.3 Å².